The molecule has 1 aliphatic heterocycles. The minimum Gasteiger partial charge on any atom is -0.365 e. The molecule has 1 amide bonds. The number of ether oxygens (including phenoxy) is 1. The van der Waals surface area contributed by atoms with Crippen LogP contribution in [-0.2, 0) is 22.5 Å². The Kier molecular flexibility index (Phi) is 3.79. The maximum atomic E-state index is 12.0. The number of nitrogens with one attached hydrogen (secondary N) is 1. The SMILES string of the molecule is CCc1csc(CNC(=O)[C@@]2(C)CCCO2)n1. The molecule has 1 aromatic heterocycles. The van der Waals surface area contributed by atoms with Gasteiger partial charge in [0.25, 0.3) is 5.91 Å². The Balaban J connectivity index is 1.87. The van der Waals surface area contributed by atoms with Crippen molar-refractivity contribution < 1.29 is 9.53 Å². The van der Waals surface area contributed by atoms with E-state index in [4.69, 9.17) is 4.74 Å². The molecule has 5 heteroatoms. The van der Waals surface area contributed by atoms with Crippen molar-refractivity contribution in [3.63, 3.8) is 0 Å². The first kappa shape index (κ1) is 12.5. The van der Waals surface area contributed by atoms with Gasteiger partial charge in [-0.2, -0.15) is 0 Å². The molecule has 0 radical (unpaired) electrons. The molecule has 0 unspecified atom stereocenters. The van der Waals surface area contributed by atoms with Crippen molar-refractivity contribution in [2.75, 3.05) is 6.61 Å². The lowest BCUT2D eigenvalue weighted by Gasteiger charge is -2.21. The lowest BCUT2D eigenvalue weighted by atomic mass is 10.0. The molecule has 2 rings (SSSR count). The quantitative estimate of drug-likeness (QED) is 0.892. The van der Waals surface area contributed by atoms with Crippen molar-refractivity contribution in [2.45, 2.75) is 45.3 Å². The topological polar surface area (TPSA) is 51.2 Å². The van der Waals surface area contributed by atoms with Gasteiger partial charge >= 0.3 is 0 Å². The minimum absolute atomic E-state index is 0.0248. The molecule has 94 valence electrons. The van der Waals surface area contributed by atoms with Crippen molar-refractivity contribution >= 4 is 17.2 Å². The number of aryl methyl sites for hydroxylation is 1. The van der Waals surface area contributed by atoms with Crippen LogP contribution < -0.4 is 5.32 Å². The van der Waals surface area contributed by atoms with E-state index in [9.17, 15) is 4.79 Å². The van der Waals surface area contributed by atoms with Crippen LogP contribution in [0, 0.1) is 0 Å². The van der Waals surface area contributed by atoms with E-state index in [1.165, 1.54) is 0 Å². The third-order valence-corrected chi connectivity index (χ3v) is 3.96. The third kappa shape index (κ3) is 2.84. The number of thiazole rings is 1. The van der Waals surface area contributed by atoms with E-state index in [2.05, 4.69) is 17.2 Å². The molecule has 17 heavy (non-hydrogen) atoms. The number of rotatable bonds is 4. The maximum absolute atomic E-state index is 12.0. The van der Waals surface area contributed by atoms with Gasteiger partial charge < -0.3 is 10.1 Å². The number of carbonyl (C=O) groups is 1. The normalized spacial score (nSPS) is 23.9. The highest BCUT2D eigenvalue weighted by atomic mass is 32.1. The fourth-order valence-corrected chi connectivity index (χ4v) is 2.71. The summed E-state index contributed by atoms with van der Waals surface area (Å²) < 4.78 is 5.49. The average Bonchev–Trinajstić information content (AvgIpc) is 2.95. The second kappa shape index (κ2) is 5.14. The Hall–Kier alpha value is -0.940. The summed E-state index contributed by atoms with van der Waals surface area (Å²) in [7, 11) is 0. The van der Waals surface area contributed by atoms with Crippen LogP contribution in [0.3, 0.4) is 0 Å². The van der Waals surface area contributed by atoms with Gasteiger partial charge in [0.05, 0.1) is 12.2 Å². The van der Waals surface area contributed by atoms with Gasteiger partial charge in [0.1, 0.15) is 10.6 Å². The molecule has 0 aromatic carbocycles. The summed E-state index contributed by atoms with van der Waals surface area (Å²) in [4.78, 5) is 16.4. The predicted octanol–water partition coefficient (Wildman–Crippen LogP) is 1.89. The lowest BCUT2D eigenvalue weighted by Crippen LogP contribution is -2.43. The Bertz CT molecular complexity index is 397. The average molecular weight is 254 g/mol. The summed E-state index contributed by atoms with van der Waals surface area (Å²) in [6, 6.07) is 0. The van der Waals surface area contributed by atoms with Crippen molar-refractivity contribution in [3.05, 3.63) is 16.1 Å². The van der Waals surface area contributed by atoms with Crippen molar-refractivity contribution in [1.82, 2.24) is 10.3 Å². The predicted molar refractivity (Wildman–Crippen MR) is 66.9 cm³/mol. The summed E-state index contributed by atoms with van der Waals surface area (Å²) in [6.45, 7) is 5.11. The molecule has 1 saturated heterocycles. The fraction of sp³-hybridized carbons (Fsp3) is 0.667. The molecule has 0 spiro atoms. The molecule has 0 aliphatic carbocycles. The van der Waals surface area contributed by atoms with E-state index in [1.807, 2.05) is 12.3 Å². The third-order valence-electron chi connectivity index (χ3n) is 3.06. The van der Waals surface area contributed by atoms with Gasteiger partial charge in [0.2, 0.25) is 0 Å². The summed E-state index contributed by atoms with van der Waals surface area (Å²) in [5, 5.41) is 5.90. The molecular formula is C12H18N2O2S. The van der Waals surface area contributed by atoms with Gasteiger partial charge in [-0.1, -0.05) is 6.92 Å². The van der Waals surface area contributed by atoms with Gasteiger partial charge in [-0.25, -0.2) is 4.98 Å². The van der Waals surface area contributed by atoms with Gasteiger partial charge in [-0.3, -0.25) is 4.79 Å². The number of amides is 1. The first-order chi connectivity index (χ1) is 8.14. The molecule has 0 bridgehead atoms. The molecule has 1 N–H and O–H groups in total. The maximum Gasteiger partial charge on any atom is 0.252 e. The Labute approximate surface area is 105 Å². The van der Waals surface area contributed by atoms with E-state index in [0.29, 0.717) is 13.2 Å². The van der Waals surface area contributed by atoms with Gasteiger partial charge in [-0.05, 0) is 26.2 Å². The van der Waals surface area contributed by atoms with Gasteiger partial charge in [-0.15, -0.1) is 11.3 Å². The van der Waals surface area contributed by atoms with Crippen LogP contribution in [0.5, 0.6) is 0 Å². The Morgan fingerprint density at radius 1 is 1.71 bits per heavy atom. The highest BCUT2D eigenvalue weighted by Crippen LogP contribution is 2.25. The lowest BCUT2D eigenvalue weighted by molar-refractivity contribution is -0.139. The van der Waals surface area contributed by atoms with Crippen LogP contribution in [0.1, 0.15) is 37.4 Å². The van der Waals surface area contributed by atoms with E-state index in [0.717, 1.165) is 30.0 Å². The van der Waals surface area contributed by atoms with E-state index < -0.39 is 5.60 Å². The van der Waals surface area contributed by atoms with Crippen LogP contribution in [0.2, 0.25) is 0 Å². The fourth-order valence-electron chi connectivity index (χ4n) is 1.89. The van der Waals surface area contributed by atoms with Crippen molar-refractivity contribution in [1.29, 1.82) is 0 Å². The summed E-state index contributed by atoms with van der Waals surface area (Å²) in [5.41, 5.74) is 0.452. The Morgan fingerprint density at radius 2 is 2.53 bits per heavy atom. The molecule has 2 heterocycles. The molecule has 1 atom stereocenters. The summed E-state index contributed by atoms with van der Waals surface area (Å²) in [6.07, 6.45) is 2.70. The van der Waals surface area contributed by atoms with E-state index in [1.54, 1.807) is 11.3 Å². The highest BCUT2D eigenvalue weighted by molar-refractivity contribution is 7.09. The number of aromatic nitrogens is 1. The minimum atomic E-state index is -0.634. The zero-order valence-corrected chi connectivity index (χ0v) is 11.1. The number of hydrogen-bond donors (Lipinski definition) is 1. The molecule has 1 aromatic rings. The molecular weight excluding hydrogens is 236 g/mol. The van der Waals surface area contributed by atoms with Gasteiger partial charge in [0.15, 0.2) is 0 Å². The first-order valence-corrected chi connectivity index (χ1v) is 6.87. The molecule has 1 fully saturated rings. The number of nitrogens with zero attached hydrogens (tertiary/aromatic N) is 1. The molecule has 1 aliphatic rings. The molecule has 4 nitrogen and oxygen atoms in total. The first-order valence-electron chi connectivity index (χ1n) is 5.99. The Morgan fingerprint density at radius 3 is 3.12 bits per heavy atom. The zero-order chi connectivity index (χ0) is 12.3. The highest BCUT2D eigenvalue weighted by Gasteiger charge is 2.37. The second-order valence-electron chi connectivity index (χ2n) is 4.45. The van der Waals surface area contributed by atoms with Crippen molar-refractivity contribution in [3.8, 4) is 0 Å². The number of carbonyl (C=O) groups excluding carboxylic acids is 1. The van der Waals surface area contributed by atoms with E-state index in [-0.39, 0.29) is 5.91 Å². The number of hydrogen-bond acceptors (Lipinski definition) is 4. The summed E-state index contributed by atoms with van der Waals surface area (Å²) >= 11 is 1.59. The molecule has 0 saturated carbocycles. The smallest absolute Gasteiger partial charge is 0.252 e. The van der Waals surface area contributed by atoms with Crippen LogP contribution in [0.15, 0.2) is 5.38 Å². The van der Waals surface area contributed by atoms with Crippen LogP contribution in [0.4, 0.5) is 0 Å². The standard InChI is InChI=1S/C12H18N2O2S/c1-3-9-8-17-10(14-9)7-13-11(15)12(2)5-4-6-16-12/h8H,3-7H2,1-2H3,(H,13,15)/t12-/m1/s1. The second-order valence-corrected chi connectivity index (χ2v) is 5.39. The van der Waals surface area contributed by atoms with Crippen molar-refractivity contribution in [2.24, 2.45) is 0 Å². The van der Waals surface area contributed by atoms with Gasteiger partial charge in [0, 0.05) is 12.0 Å². The van der Waals surface area contributed by atoms with Crippen LogP contribution in [0.25, 0.3) is 0 Å². The zero-order valence-electron chi connectivity index (χ0n) is 10.3. The van der Waals surface area contributed by atoms with Crippen LogP contribution >= 0.6 is 11.3 Å². The van der Waals surface area contributed by atoms with Crippen LogP contribution in [-0.4, -0.2) is 23.1 Å². The van der Waals surface area contributed by atoms with E-state index >= 15 is 0 Å². The monoisotopic (exact) mass is 254 g/mol. The largest absolute Gasteiger partial charge is 0.365 e. The summed E-state index contributed by atoms with van der Waals surface area (Å²) in [5.74, 6) is -0.0248.